The van der Waals surface area contributed by atoms with Crippen LogP contribution in [0.15, 0.2) is 0 Å². The van der Waals surface area contributed by atoms with Gasteiger partial charge in [-0.25, -0.2) is 4.79 Å². The number of nitrogens with one attached hydrogen (secondary N) is 6. The number of likely N-dealkylation sites (tertiary alicyclic amines) is 1. The standard InChI is InChI=1S/C34H57N7O7/c1-10-12-22(24(42)29(45)37-20-15-16-20)38-28(44)23-21-14-11-13-19(21)17-41(23)31(47)26(34(6,7)8)40-30(46)25(33(3,4)5)39-27(43)18(2)36-32(48)35-9/h18-23,25-26H,10-17H2,1-9H3,(H,37,45)(H,38,44)(H,39,43)(H,40,46)(H2,35,36,48)/t18-,19+,21+,22+,23+,25-,26-/m1/s1. The highest BCUT2D eigenvalue weighted by Crippen LogP contribution is 2.43. The van der Waals surface area contributed by atoms with Gasteiger partial charge in [0.2, 0.25) is 29.4 Å². The molecule has 14 nitrogen and oxygen atoms in total. The van der Waals surface area contributed by atoms with Crippen molar-refractivity contribution in [3.05, 3.63) is 0 Å². The lowest BCUT2D eigenvalue weighted by Gasteiger charge is -2.38. The van der Waals surface area contributed by atoms with E-state index in [9.17, 15) is 33.6 Å². The van der Waals surface area contributed by atoms with E-state index < -0.39 is 82.4 Å². The predicted molar refractivity (Wildman–Crippen MR) is 179 cm³/mol. The van der Waals surface area contributed by atoms with Gasteiger partial charge < -0.3 is 36.8 Å². The fourth-order valence-corrected chi connectivity index (χ4v) is 6.64. The minimum absolute atomic E-state index is 0.00000923. The zero-order valence-corrected chi connectivity index (χ0v) is 30.1. The number of carbonyl (C=O) groups excluding carboxylic acids is 7. The Balaban J connectivity index is 1.84. The smallest absolute Gasteiger partial charge is 0.315 e. The Morgan fingerprint density at radius 3 is 1.94 bits per heavy atom. The largest absolute Gasteiger partial charge is 0.347 e. The molecule has 3 aliphatic rings. The number of rotatable bonds is 13. The van der Waals surface area contributed by atoms with Gasteiger partial charge in [-0.15, -0.1) is 0 Å². The summed E-state index contributed by atoms with van der Waals surface area (Å²) in [6.45, 7) is 14.5. The van der Waals surface area contributed by atoms with Crippen molar-refractivity contribution in [1.82, 2.24) is 36.8 Å². The normalized spacial score (nSPS) is 23.1. The Labute approximate surface area is 284 Å². The van der Waals surface area contributed by atoms with Gasteiger partial charge in [-0.3, -0.25) is 28.8 Å². The maximum Gasteiger partial charge on any atom is 0.315 e. The van der Waals surface area contributed by atoms with Gasteiger partial charge in [0.15, 0.2) is 0 Å². The van der Waals surface area contributed by atoms with Crippen LogP contribution >= 0.6 is 0 Å². The van der Waals surface area contributed by atoms with Crippen LogP contribution in [0, 0.1) is 22.7 Å². The highest BCUT2D eigenvalue weighted by Gasteiger charge is 2.52. The van der Waals surface area contributed by atoms with Crippen molar-refractivity contribution < 1.29 is 33.6 Å². The second kappa shape index (κ2) is 15.7. The van der Waals surface area contributed by atoms with Gasteiger partial charge in [0.25, 0.3) is 5.91 Å². The first-order valence-electron chi connectivity index (χ1n) is 17.3. The third-order valence-corrected chi connectivity index (χ3v) is 9.57. The minimum Gasteiger partial charge on any atom is -0.347 e. The summed E-state index contributed by atoms with van der Waals surface area (Å²) in [5, 5.41) is 16.0. The summed E-state index contributed by atoms with van der Waals surface area (Å²) in [5.41, 5.74) is -1.55. The molecule has 48 heavy (non-hydrogen) atoms. The van der Waals surface area contributed by atoms with E-state index >= 15 is 0 Å². The number of hydrogen-bond acceptors (Lipinski definition) is 7. The average molecular weight is 676 g/mol. The number of Topliss-reactive ketones (excluding diaryl/α,β-unsaturated/α-hetero) is 1. The molecule has 2 aliphatic carbocycles. The minimum atomic E-state index is -1.06. The molecule has 2 saturated carbocycles. The van der Waals surface area contributed by atoms with Crippen LogP contribution in [0.5, 0.6) is 0 Å². The second-order valence-corrected chi connectivity index (χ2v) is 15.8. The van der Waals surface area contributed by atoms with Crippen molar-refractivity contribution in [2.24, 2.45) is 22.7 Å². The van der Waals surface area contributed by atoms with Gasteiger partial charge in [-0.05, 0) is 61.7 Å². The molecule has 0 bridgehead atoms. The topological polar surface area (TPSA) is 195 Å². The molecule has 3 rings (SSSR count). The summed E-state index contributed by atoms with van der Waals surface area (Å²) in [6, 6.07) is -5.47. The Hall–Kier alpha value is -3.71. The molecule has 1 aliphatic heterocycles. The zero-order valence-electron chi connectivity index (χ0n) is 30.1. The summed E-state index contributed by atoms with van der Waals surface area (Å²) in [7, 11) is 1.42. The van der Waals surface area contributed by atoms with E-state index in [0.717, 1.165) is 32.1 Å². The average Bonchev–Trinajstić information content (AvgIpc) is 3.56. The molecular weight excluding hydrogens is 618 g/mol. The fraction of sp³-hybridized carbons (Fsp3) is 0.794. The molecule has 6 N–H and O–H groups in total. The predicted octanol–water partition coefficient (Wildman–Crippen LogP) is 1.13. The Kier molecular flexibility index (Phi) is 12.6. The van der Waals surface area contributed by atoms with Crippen LogP contribution in [-0.4, -0.2) is 96.1 Å². The van der Waals surface area contributed by atoms with E-state index in [4.69, 9.17) is 0 Å². The molecule has 1 saturated heterocycles. The fourth-order valence-electron chi connectivity index (χ4n) is 6.64. The van der Waals surface area contributed by atoms with Crippen molar-refractivity contribution >= 4 is 41.4 Å². The number of fused-ring (bicyclic) bond motifs is 1. The molecule has 14 heteroatoms. The SMILES string of the molecule is CCC[C@H](NC(=O)[C@@H]1[C@H]2CCC[C@H]2CN1C(=O)[C@@H](NC(=O)[C@@H](NC(=O)[C@@H](C)NC(=O)NC)C(C)(C)C)C(C)(C)C)C(=O)C(=O)NC1CC1. The first kappa shape index (κ1) is 38.7. The molecule has 0 unspecified atom stereocenters. The van der Waals surface area contributed by atoms with Gasteiger partial charge in [-0.2, -0.15) is 0 Å². The van der Waals surface area contributed by atoms with E-state index in [1.807, 2.05) is 27.7 Å². The number of amides is 7. The molecule has 0 aromatic heterocycles. The van der Waals surface area contributed by atoms with Crippen molar-refractivity contribution in [3.63, 3.8) is 0 Å². The van der Waals surface area contributed by atoms with E-state index in [1.165, 1.54) is 18.9 Å². The number of ketones is 1. The van der Waals surface area contributed by atoms with Gasteiger partial charge in [0.05, 0.1) is 6.04 Å². The Morgan fingerprint density at radius 2 is 1.40 bits per heavy atom. The third-order valence-electron chi connectivity index (χ3n) is 9.57. The lowest BCUT2D eigenvalue weighted by molar-refractivity contribution is -0.146. The zero-order chi connectivity index (χ0) is 36.1. The van der Waals surface area contributed by atoms with E-state index in [2.05, 4.69) is 31.9 Å². The van der Waals surface area contributed by atoms with Gasteiger partial charge >= 0.3 is 6.03 Å². The second-order valence-electron chi connectivity index (χ2n) is 15.8. The Morgan fingerprint density at radius 1 is 0.792 bits per heavy atom. The van der Waals surface area contributed by atoms with Crippen LogP contribution in [0.1, 0.15) is 100 Å². The first-order valence-corrected chi connectivity index (χ1v) is 17.3. The first-order chi connectivity index (χ1) is 22.3. The molecule has 7 atom stereocenters. The van der Waals surface area contributed by atoms with Crippen molar-refractivity contribution in [2.45, 2.75) is 137 Å². The van der Waals surface area contributed by atoms with Crippen LogP contribution < -0.4 is 31.9 Å². The highest BCUT2D eigenvalue weighted by atomic mass is 16.2. The van der Waals surface area contributed by atoms with Crippen molar-refractivity contribution in [3.8, 4) is 0 Å². The summed E-state index contributed by atoms with van der Waals surface area (Å²) in [5.74, 6) is -3.46. The van der Waals surface area contributed by atoms with E-state index in [1.54, 1.807) is 20.8 Å². The molecule has 0 radical (unpaired) electrons. The van der Waals surface area contributed by atoms with Crippen molar-refractivity contribution in [2.75, 3.05) is 13.6 Å². The van der Waals surface area contributed by atoms with Crippen LogP contribution in [0.4, 0.5) is 4.79 Å². The third kappa shape index (κ3) is 9.68. The summed E-state index contributed by atoms with van der Waals surface area (Å²) in [4.78, 5) is 94.3. The van der Waals surface area contributed by atoms with Gasteiger partial charge in [0, 0.05) is 19.6 Å². The quantitative estimate of drug-likeness (QED) is 0.157. The number of carbonyl (C=O) groups is 7. The maximum atomic E-state index is 14.5. The van der Waals surface area contributed by atoms with Crippen LogP contribution in [-0.2, 0) is 28.8 Å². The van der Waals surface area contributed by atoms with Crippen LogP contribution in [0.25, 0.3) is 0 Å². The number of hydrogen-bond donors (Lipinski definition) is 6. The van der Waals surface area contributed by atoms with Crippen molar-refractivity contribution in [1.29, 1.82) is 0 Å². The van der Waals surface area contributed by atoms with Crippen LogP contribution in [0.3, 0.4) is 0 Å². The van der Waals surface area contributed by atoms with Crippen LogP contribution in [0.2, 0.25) is 0 Å². The summed E-state index contributed by atoms with van der Waals surface area (Å²) >= 11 is 0. The van der Waals surface area contributed by atoms with E-state index in [0.29, 0.717) is 13.0 Å². The van der Waals surface area contributed by atoms with Gasteiger partial charge in [-0.1, -0.05) is 61.3 Å². The monoisotopic (exact) mass is 675 g/mol. The Bertz CT molecular complexity index is 1250. The number of nitrogens with zero attached hydrogens (tertiary/aromatic N) is 1. The van der Waals surface area contributed by atoms with E-state index in [-0.39, 0.29) is 24.3 Å². The highest BCUT2D eigenvalue weighted by molar-refractivity contribution is 6.38. The maximum absolute atomic E-state index is 14.5. The molecule has 0 spiro atoms. The molecule has 270 valence electrons. The number of urea groups is 1. The summed E-state index contributed by atoms with van der Waals surface area (Å²) < 4.78 is 0. The van der Waals surface area contributed by atoms with Gasteiger partial charge in [0.1, 0.15) is 24.2 Å². The lowest BCUT2D eigenvalue weighted by atomic mass is 9.82. The molecule has 1 heterocycles. The molecule has 3 fully saturated rings. The summed E-state index contributed by atoms with van der Waals surface area (Å²) in [6.07, 6.45) is 5.03. The molecule has 7 amide bonds. The lowest BCUT2D eigenvalue weighted by Crippen LogP contribution is -2.63. The molecule has 0 aromatic rings. The molecule has 0 aromatic carbocycles. The molecular formula is C34H57N7O7.